The van der Waals surface area contributed by atoms with E-state index in [1.165, 1.54) is 6.92 Å². The first-order valence-corrected chi connectivity index (χ1v) is 2.90. The van der Waals surface area contributed by atoms with Gasteiger partial charge < -0.3 is 10.2 Å². The van der Waals surface area contributed by atoms with Crippen LogP contribution in [0.5, 0.6) is 0 Å². The van der Waals surface area contributed by atoms with E-state index in [9.17, 15) is 4.79 Å². The first kappa shape index (κ1) is 16.3. The SMILES string of the molecule is CCCCOC(C)=O.O.[SiH4]. The molecule has 0 aromatic rings. The molecule has 0 spiro atoms. The zero-order valence-corrected chi connectivity index (χ0v) is 5.94. The van der Waals surface area contributed by atoms with E-state index < -0.39 is 0 Å². The minimum Gasteiger partial charge on any atom is -0.466 e. The fraction of sp³-hybridized carbons (Fsp3) is 0.833. The van der Waals surface area contributed by atoms with E-state index in [0.29, 0.717) is 6.61 Å². The maximum absolute atomic E-state index is 10.1. The third kappa shape index (κ3) is 15.6. The maximum Gasteiger partial charge on any atom is 0.302 e. The molecular weight excluding hydrogens is 148 g/mol. The van der Waals surface area contributed by atoms with Gasteiger partial charge in [0.1, 0.15) is 0 Å². The second-order valence-electron chi connectivity index (χ2n) is 1.69. The first-order chi connectivity index (χ1) is 3.77. The zero-order chi connectivity index (χ0) is 6.41. The summed E-state index contributed by atoms with van der Waals surface area (Å²) in [4.78, 5) is 10.1. The Morgan fingerprint density at radius 3 is 2.30 bits per heavy atom. The molecule has 0 aromatic heterocycles. The summed E-state index contributed by atoms with van der Waals surface area (Å²) in [7, 11) is 0. The number of unbranched alkanes of at least 4 members (excludes halogenated alkanes) is 1. The fourth-order valence-electron chi connectivity index (χ4n) is 0.360. The minimum atomic E-state index is -0.182. The van der Waals surface area contributed by atoms with Crippen LogP contribution in [0.4, 0.5) is 0 Å². The van der Waals surface area contributed by atoms with Crippen molar-refractivity contribution in [1.82, 2.24) is 0 Å². The average molecular weight is 166 g/mol. The number of hydrogen-bond acceptors (Lipinski definition) is 2. The normalized spacial score (nSPS) is 7.00. The Morgan fingerprint density at radius 2 is 2.00 bits per heavy atom. The van der Waals surface area contributed by atoms with Crippen molar-refractivity contribution in [3.63, 3.8) is 0 Å². The molecular formula is C6H18O3Si. The molecule has 0 aromatic carbocycles. The summed E-state index contributed by atoms with van der Waals surface area (Å²) in [6.07, 6.45) is 2.05. The van der Waals surface area contributed by atoms with Crippen molar-refractivity contribution in [2.45, 2.75) is 26.7 Å². The molecule has 0 heterocycles. The molecule has 0 fully saturated rings. The number of rotatable bonds is 3. The van der Waals surface area contributed by atoms with Gasteiger partial charge in [-0.1, -0.05) is 13.3 Å². The molecule has 0 bridgehead atoms. The van der Waals surface area contributed by atoms with Gasteiger partial charge in [-0.2, -0.15) is 0 Å². The molecule has 2 N–H and O–H groups in total. The van der Waals surface area contributed by atoms with E-state index in [4.69, 9.17) is 0 Å². The average Bonchev–Trinajstić information content (AvgIpc) is 1.66. The van der Waals surface area contributed by atoms with E-state index in [0.717, 1.165) is 12.8 Å². The third-order valence-electron chi connectivity index (χ3n) is 0.803. The van der Waals surface area contributed by atoms with Crippen molar-refractivity contribution in [3.8, 4) is 0 Å². The fourth-order valence-corrected chi connectivity index (χ4v) is 0.360. The quantitative estimate of drug-likeness (QED) is 0.309. The summed E-state index contributed by atoms with van der Waals surface area (Å²) in [5, 5.41) is 0. The van der Waals surface area contributed by atoms with Gasteiger partial charge in [-0.25, -0.2) is 0 Å². The molecule has 0 amide bonds. The second kappa shape index (κ2) is 11.4. The van der Waals surface area contributed by atoms with E-state index in [-0.39, 0.29) is 22.4 Å². The predicted octanol–water partition coefficient (Wildman–Crippen LogP) is -0.927. The number of ether oxygens (including phenoxy) is 1. The Hall–Kier alpha value is -0.353. The van der Waals surface area contributed by atoms with Crippen LogP contribution < -0.4 is 0 Å². The van der Waals surface area contributed by atoms with Gasteiger partial charge >= 0.3 is 5.97 Å². The predicted molar refractivity (Wildman–Crippen MR) is 46.5 cm³/mol. The maximum atomic E-state index is 10.1. The topological polar surface area (TPSA) is 57.8 Å². The van der Waals surface area contributed by atoms with Crippen LogP contribution in [0.25, 0.3) is 0 Å². The molecule has 0 aliphatic heterocycles. The Morgan fingerprint density at radius 1 is 1.50 bits per heavy atom. The second-order valence-corrected chi connectivity index (χ2v) is 1.69. The number of carbonyl (C=O) groups excluding carboxylic acids is 1. The van der Waals surface area contributed by atoms with Gasteiger partial charge in [-0.05, 0) is 17.4 Å². The van der Waals surface area contributed by atoms with Crippen molar-refractivity contribution in [2.75, 3.05) is 6.61 Å². The van der Waals surface area contributed by atoms with Gasteiger partial charge in [-0.3, -0.25) is 4.79 Å². The third-order valence-corrected chi connectivity index (χ3v) is 0.803. The van der Waals surface area contributed by atoms with Crippen LogP contribution in [0, 0.1) is 0 Å². The van der Waals surface area contributed by atoms with Crippen molar-refractivity contribution >= 4 is 16.9 Å². The van der Waals surface area contributed by atoms with Crippen molar-refractivity contribution in [2.24, 2.45) is 0 Å². The smallest absolute Gasteiger partial charge is 0.302 e. The van der Waals surface area contributed by atoms with Crippen molar-refractivity contribution in [1.29, 1.82) is 0 Å². The first-order valence-electron chi connectivity index (χ1n) is 2.90. The molecule has 0 radical (unpaired) electrons. The van der Waals surface area contributed by atoms with Crippen LogP contribution in [0.2, 0.25) is 0 Å². The van der Waals surface area contributed by atoms with Crippen molar-refractivity contribution in [3.05, 3.63) is 0 Å². The zero-order valence-electron chi connectivity index (χ0n) is 5.94. The van der Waals surface area contributed by atoms with Crippen LogP contribution in [0.3, 0.4) is 0 Å². The summed E-state index contributed by atoms with van der Waals surface area (Å²) in [5.41, 5.74) is 0. The van der Waals surface area contributed by atoms with E-state index in [1.54, 1.807) is 0 Å². The van der Waals surface area contributed by atoms with Crippen molar-refractivity contribution < 1.29 is 15.0 Å². The van der Waals surface area contributed by atoms with Gasteiger partial charge in [0.25, 0.3) is 0 Å². The highest BCUT2D eigenvalue weighted by molar-refractivity contribution is 5.75. The summed E-state index contributed by atoms with van der Waals surface area (Å²) in [6, 6.07) is 0. The van der Waals surface area contributed by atoms with E-state index in [2.05, 4.69) is 11.7 Å². The molecule has 10 heavy (non-hydrogen) atoms. The molecule has 0 saturated heterocycles. The molecule has 3 nitrogen and oxygen atoms in total. The van der Waals surface area contributed by atoms with Gasteiger partial charge in [0.2, 0.25) is 0 Å². The lowest BCUT2D eigenvalue weighted by molar-refractivity contribution is -0.141. The molecule has 0 rings (SSSR count). The van der Waals surface area contributed by atoms with Crippen LogP contribution in [-0.4, -0.2) is 29.0 Å². The van der Waals surface area contributed by atoms with Crippen LogP contribution in [-0.2, 0) is 9.53 Å². The molecule has 64 valence electrons. The highest BCUT2D eigenvalue weighted by Crippen LogP contribution is 1.86. The van der Waals surface area contributed by atoms with Crippen LogP contribution in [0.1, 0.15) is 26.7 Å². The monoisotopic (exact) mass is 166 g/mol. The van der Waals surface area contributed by atoms with Crippen LogP contribution in [0.15, 0.2) is 0 Å². The Balaban J connectivity index is -0.000000245. The summed E-state index contributed by atoms with van der Waals surface area (Å²) < 4.78 is 4.64. The molecule has 0 atom stereocenters. The Labute approximate surface area is 66.1 Å². The highest BCUT2D eigenvalue weighted by Gasteiger charge is 1.88. The van der Waals surface area contributed by atoms with Gasteiger partial charge in [0, 0.05) is 6.92 Å². The molecule has 0 unspecified atom stereocenters. The van der Waals surface area contributed by atoms with Crippen LogP contribution >= 0.6 is 0 Å². The number of esters is 1. The Bertz CT molecular complexity index is 75.4. The van der Waals surface area contributed by atoms with E-state index in [1.807, 2.05) is 0 Å². The lowest BCUT2D eigenvalue weighted by atomic mass is 10.4. The largest absolute Gasteiger partial charge is 0.466 e. The molecule has 0 saturated carbocycles. The standard InChI is InChI=1S/C6H12O2.H2O.H4Si/c1-3-4-5-8-6(2)7;;/h3-5H2,1-2H3;1H2;1H4. The Kier molecular flexibility index (Phi) is 18.7. The number of hydrogen-bond donors (Lipinski definition) is 0. The lowest BCUT2D eigenvalue weighted by Gasteiger charge is -1.96. The summed E-state index contributed by atoms with van der Waals surface area (Å²) >= 11 is 0. The van der Waals surface area contributed by atoms with Gasteiger partial charge in [-0.15, -0.1) is 0 Å². The highest BCUT2D eigenvalue weighted by atomic mass is 28.1. The summed E-state index contributed by atoms with van der Waals surface area (Å²) in [5.74, 6) is -0.182. The van der Waals surface area contributed by atoms with E-state index >= 15 is 0 Å². The number of carbonyl (C=O) groups is 1. The molecule has 4 heteroatoms. The summed E-state index contributed by atoms with van der Waals surface area (Å²) in [6.45, 7) is 4.06. The van der Waals surface area contributed by atoms with Gasteiger partial charge in [0.15, 0.2) is 0 Å². The molecule has 0 aliphatic carbocycles. The van der Waals surface area contributed by atoms with Gasteiger partial charge in [0.05, 0.1) is 6.61 Å². The molecule has 0 aliphatic rings. The lowest BCUT2D eigenvalue weighted by Crippen LogP contribution is -1.99. The minimum absolute atomic E-state index is 0.